The van der Waals surface area contributed by atoms with Gasteiger partial charge in [0.15, 0.2) is 5.82 Å². The van der Waals surface area contributed by atoms with Crippen LogP contribution in [-0.2, 0) is 30.8 Å². The van der Waals surface area contributed by atoms with Crippen molar-refractivity contribution in [1.82, 2.24) is 9.99 Å². The van der Waals surface area contributed by atoms with E-state index in [1.54, 1.807) is 72.8 Å². The summed E-state index contributed by atoms with van der Waals surface area (Å²) in [4.78, 5) is 63.8. The fourth-order valence-electron chi connectivity index (χ4n) is 8.98. The summed E-state index contributed by atoms with van der Waals surface area (Å²) >= 11 is 18.7. The summed E-state index contributed by atoms with van der Waals surface area (Å²) in [6, 6.07) is 20.2. The first-order valence-electron chi connectivity index (χ1n) is 17.6. The molecule has 1 aromatic heterocycles. The first-order chi connectivity index (χ1) is 26.8. The molecule has 3 heterocycles. The van der Waals surface area contributed by atoms with Gasteiger partial charge in [-0.3, -0.25) is 29.5 Å². The van der Waals surface area contributed by atoms with Crippen LogP contribution in [0.3, 0.4) is 0 Å². The fourth-order valence-corrected chi connectivity index (χ4v) is 9.44. The number of amides is 4. The SMILES string of the molecule is O=C1[C@@H]2C[C@@H]3C(=CC[C@@H]4C(=O)N(c5ccc(Cl)cc5)C(=O)[C@@H]43)[C@H](c3ccccc3OCCO)[C@]2(c2ccc(Cl)cc2)C(=O)N1Nc1ncc(C(F)(F)F)cc1Cl. The number of hydrazine groups is 1. The van der Waals surface area contributed by atoms with Crippen molar-refractivity contribution >= 4 is 69.9 Å². The van der Waals surface area contributed by atoms with Crippen LogP contribution in [-0.4, -0.2) is 51.9 Å². The second kappa shape index (κ2) is 14.2. The van der Waals surface area contributed by atoms with Crippen LogP contribution in [0.5, 0.6) is 5.75 Å². The van der Waals surface area contributed by atoms with Crippen molar-refractivity contribution in [2.45, 2.75) is 30.4 Å². The minimum atomic E-state index is -4.76. The van der Waals surface area contributed by atoms with E-state index in [0.717, 1.165) is 9.91 Å². The van der Waals surface area contributed by atoms with Gasteiger partial charge in [0.1, 0.15) is 12.4 Å². The second-order valence-electron chi connectivity index (χ2n) is 14.0. The third-order valence-electron chi connectivity index (χ3n) is 11.2. The van der Waals surface area contributed by atoms with Gasteiger partial charge in [0.05, 0.1) is 46.0 Å². The highest BCUT2D eigenvalue weighted by Crippen LogP contribution is 2.65. The molecule has 2 aliphatic carbocycles. The molecule has 2 saturated heterocycles. The Balaban J connectivity index is 1.32. The van der Waals surface area contributed by atoms with Gasteiger partial charge >= 0.3 is 6.18 Å². The monoisotopic (exact) mass is 824 g/mol. The summed E-state index contributed by atoms with van der Waals surface area (Å²) in [5, 5.41) is 10.7. The number of carbonyl (C=O) groups excluding carboxylic acids is 4. The van der Waals surface area contributed by atoms with Crippen LogP contribution in [0.25, 0.3) is 0 Å². The molecule has 6 atom stereocenters. The number of carbonyl (C=O) groups is 4. The Kier molecular flexibility index (Phi) is 9.63. The molecule has 16 heteroatoms. The zero-order valence-electron chi connectivity index (χ0n) is 29.0. The third-order valence-corrected chi connectivity index (χ3v) is 12.0. The molecule has 10 nitrogen and oxygen atoms in total. The fraction of sp³-hybridized carbons (Fsp3) is 0.275. The summed E-state index contributed by atoms with van der Waals surface area (Å²) in [6.45, 7) is -0.428. The Labute approximate surface area is 332 Å². The topological polar surface area (TPSA) is 129 Å². The molecule has 4 aromatic rings. The summed E-state index contributed by atoms with van der Waals surface area (Å²) in [7, 11) is 0. The lowest BCUT2D eigenvalue weighted by molar-refractivity contribution is -0.139. The molecule has 0 radical (unpaired) electrons. The smallest absolute Gasteiger partial charge is 0.417 e. The van der Waals surface area contributed by atoms with Crippen LogP contribution in [0.4, 0.5) is 24.7 Å². The molecule has 56 heavy (non-hydrogen) atoms. The minimum Gasteiger partial charge on any atom is -0.491 e. The van der Waals surface area contributed by atoms with E-state index in [1.165, 1.54) is 0 Å². The molecule has 3 aromatic carbocycles. The molecule has 0 spiro atoms. The van der Waals surface area contributed by atoms with E-state index in [1.807, 2.05) is 6.08 Å². The van der Waals surface area contributed by atoms with Crippen molar-refractivity contribution in [2.75, 3.05) is 23.5 Å². The van der Waals surface area contributed by atoms with E-state index in [4.69, 9.17) is 39.5 Å². The molecular weight excluding hydrogens is 796 g/mol. The second-order valence-corrected chi connectivity index (χ2v) is 15.3. The number of aliphatic hydroxyl groups excluding tert-OH is 1. The zero-order chi connectivity index (χ0) is 39.7. The van der Waals surface area contributed by atoms with E-state index >= 15 is 4.79 Å². The van der Waals surface area contributed by atoms with Crippen molar-refractivity contribution in [2.24, 2.45) is 23.7 Å². The number of rotatable bonds is 8. The molecule has 0 bridgehead atoms. The van der Waals surface area contributed by atoms with E-state index < -0.39 is 75.4 Å². The standard InChI is InChI=1S/C40H30Cl3F3N4O6/c41-22-7-5-20(6-8-22)39-29(36(53)50(38(39)55)48-34-30(43)17-21(19-47-34)40(44,45)46)18-28-25(33(39)26-3-1-2-4-31(26)56-16-15-51)13-14-27-32(28)37(54)49(35(27)52)24-11-9-23(42)10-12-24/h1-13,17,19,27-29,32-33,51H,14-16,18H2,(H,47,48)/t27-,28+,29-,32-,33+,39+/m0/s1. The largest absolute Gasteiger partial charge is 0.491 e. The van der Waals surface area contributed by atoms with Crippen LogP contribution >= 0.6 is 34.8 Å². The minimum absolute atomic E-state index is 0.0593. The number of nitrogens with one attached hydrogen (secondary N) is 1. The predicted molar refractivity (Wildman–Crippen MR) is 200 cm³/mol. The molecule has 0 unspecified atom stereocenters. The molecule has 1 saturated carbocycles. The van der Waals surface area contributed by atoms with E-state index in [0.29, 0.717) is 50.4 Å². The van der Waals surface area contributed by atoms with Crippen molar-refractivity contribution in [3.63, 3.8) is 0 Å². The maximum atomic E-state index is 15.4. The molecule has 8 rings (SSSR count). The predicted octanol–water partition coefficient (Wildman–Crippen LogP) is 7.62. The quantitative estimate of drug-likeness (QED) is 0.137. The number of fused-ring (bicyclic) bond motifs is 4. The van der Waals surface area contributed by atoms with Crippen LogP contribution in [0.1, 0.15) is 35.4 Å². The van der Waals surface area contributed by atoms with Crippen LogP contribution in [0.2, 0.25) is 15.1 Å². The maximum Gasteiger partial charge on any atom is 0.417 e. The van der Waals surface area contributed by atoms with Crippen molar-refractivity contribution in [3.8, 4) is 5.75 Å². The normalized spacial score (nSPS) is 25.8. The average molecular weight is 826 g/mol. The molecular formula is C40H30Cl3F3N4O6. The lowest BCUT2D eigenvalue weighted by atomic mass is 9.49. The number of hydrogen-bond acceptors (Lipinski definition) is 8. The van der Waals surface area contributed by atoms with Gasteiger partial charge in [-0.05, 0) is 72.9 Å². The number of aromatic nitrogens is 1. The van der Waals surface area contributed by atoms with E-state index in [9.17, 15) is 32.7 Å². The Morgan fingerprint density at radius 3 is 2.23 bits per heavy atom. The highest BCUT2D eigenvalue weighted by atomic mass is 35.5. The molecule has 288 valence electrons. The highest BCUT2D eigenvalue weighted by Gasteiger charge is 2.70. The Morgan fingerprint density at radius 2 is 1.57 bits per heavy atom. The first-order valence-corrected chi connectivity index (χ1v) is 18.7. The molecule has 2 N–H and O–H groups in total. The number of nitrogens with zero attached hydrogens (tertiary/aromatic N) is 3. The van der Waals surface area contributed by atoms with Crippen molar-refractivity contribution < 1.29 is 42.2 Å². The Morgan fingerprint density at radius 1 is 0.893 bits per heavy atom. The number of pyridine rings is 1. The number of para-hydroxylation sites is 1. The Hall–Kier alpha value is -4.95. The number of imide groups is 2. The number of hydrogen-bond donors (Lipinski definition) is 2. The van der Waals surface area contributed by atoms with Gasteiger partial charge in [-0.2, -0.15) is 18.2 Å². The average Bonchev–Trinajstić information content (AvgIpc) is 3.55. The number of allylic oxidation sites excluding steroid dienone is 2. The van der Waals surface area contributed by atoms with Gasteiger partial charge < -0.3 is 9.84 Å². The Bertz CT molecular complexity index is 2310. The summed E-state index contributed by atoms with van der Waals surface area (Å²) in [5.74, 6) is -7.09. The molecule has 3 fully saturated rings. The lowest BCUT2D eigenvalue weighted by Crippen LogP contribution is -2.53. The van der Waals surface area contributed by atoms with E-state index in [2.05, 4.69) is 10.4 Å². The van der Waals surface area contributed by atoms with Gasteiger partial charge in [-0.1, -0.05) is 76.8 Å². The van der Waals surface area contributed by atoms with Crippen LogP contribution in [0, 0.1) is 23.7 Å². The van der Waals surface area contributed by atoms with Crippen LogP contribution < -0.4 is 15.1 Å². The van der Waals surface area contributed by atoms with Crippen LogP contribution in [0.15, 0.2) is 96.7 Å². The van der Waals surface area contributed by atoms with Gasteiger partial charge in [0, 0.05) is 27.7 Å². The van der Waals surface area contributed by atoms with Crippen molar-refractivity contribution in [3.05, 3.63) is 128 Å². The maximum absolute atomic E-state index is 15.4. The number of halogens is 6. The van der Waals surface area contributed by atoms with Crippen molar-refractivity contribution in [1.29, 1.82) is 0 Å². The summed E-state index contributed by atoms with van der Waals surface area (Å²) < 4.78 is 46.6. The first kappa shape index (κ1) is 37.9. The van der Waals surface area contributed by atoms with Gasteiger partial charge in [0.2, 0.25) is 11.8 Å². The van der Waals surface area contributed by atoms with Gasteiger partial charge in [-0.25, -0.2) is 4.98 Å². The number of anilines is 2. The van der Waals surface area contributed by atoms with E-state index in [-0.39, 0.29) is 31.9 Å². The molecule has 4 amide bonds. The highest BCUT2D eigenvalue weighted by molar-refractivity contribution is 6.33. The summed E-state index contributed by atoms with van der Waals surface area (Å²) in [5.41, 5.74) is 1.56. The number of aliphatic hydroxyl groups is 1. The van der Waals surface area contributed by atoms with Gasteiger partial charge in [-0.15, -0.1) is 0 Å². The third kappa shape index (κ3) is 5.94. The number of ether oxygens (including phenoxy) is 1. The molecule has 4 aliphatic rings. The number of benzene rings is 3. The van der Waals surface area contributed by atoms with Gasteiger partial charge in [0.25, 0.3) is 11.8 Å². The zero-order valence-corrected chi connectivity index (χ0v) is 31.2. The lowest BCUT2D eigenvalue weighted by Gasteiger charge is -2.50. The number of alkyl halides is 3. The summed E-state index contributed by atoms with van der Waals surface area (Å²) in [6.07, 6.45) is -2.27. The molecule has 2 aliphatic heterocycles.